The van der Waals surface area contributed by atoms with Crippen LogP contribution in [0.25, 0.3) is 0 Å². The number of aliphatic hydroxyl groups excluding tert-OH is 1. The molecule has 1 unspecified atom stereocenters. The molecule has 0 radical (unpaired) electrons. The van der Waals surface area contributed by atoms with Crippen LogP contribution in [0.2, 0.25) is 0 Å². The number of phenols is 1. The van der Waals surface area contributed by atoms with Gasteiger partial charge in [0, 0.05) is 23.5 Å². The number of hydrogen-bond acceptors (Lipinski definition) is 5. The molecule has 0 bridgehead atoms. The Hall–Kier alpha value is -3.71. The molecule has 7 heteroatoms. The quantitative estimate of drug-likeness (QED) is 0.475. The van der Waals surface area contributed by atoms with Crippen molar-refractivity contribution >= 4 is 23.0 Å². The number of amides is 1. The van der Waals surface area contributed by atoms with Crippen molar-refractivity contribution in [1.29, 1.82) is 0 Å². The molecule has 1 amide bonds. The van der Waals surface area contributed by atoms with Crippen LogP contribution in [0.5, 0.6) is 5.75 Å². The van der Waals surface area contributed by atoms with Gasteiger partial charge in [0.15, 0.2) is 0 Å². The van der Waals surface area contributed by atoms with Crippen LogP contribution in [0, 0.1) is 23.0 Å². The standard InChI is InChI=1S/C16H17NO3.C7H7NO2/c1-12(11-18)16(20)17(13-5-3-2-4-6-13)14-7-9-15(19)10-8-14;1-6-2-4-7(5-3-6)8(9)10/h2-10,12,18-19H,11H2,1H3;2-5H,1H3. The van der Waals surface area contributed by atoms with Crippen molar-refractivity contribution in [2.24, 2.45) is 5.92 Å². The summed E-state index contributed by atoms with van der Waals surface area (Å²) in [5.41, 5.74) is 2.55. The van der Waals surface area contributed by atoms with E-state index in [1.54, 1.807) is 36.1 Å². The molecule has 0 aliphatic rings. The van der Waals surface area contributed by atoms with E-state index in [1.165, 1.54) is 24.3 Å². The Balaban J connectivity index is 0.000000269. The van der Waals surface area contributed by atoms with Crippen LogP contribution in [0.4, 0.5) is 17.1 Å². The third-order valence-electron chi connectivity index (χ3n) is 4.28. The zero-order valence-electron chi connectivity index (χ0n) is 16.8. The summed E-state index contributed by atoms with van der Waals surface area (Å²) < 4.78 is 0. The highest BCUT2D eigenvalue weighted by molar-refractivity contribution is 6.01. The van der Waals surface area contributed by atoms with E-state index < -0.39 is 10.8 Å². The van der Waals surface area contributed by atoms with Gasteiger partial charge in [0.05, 0.1) is 17.4 Å². The van der Waals surface area contributed by atoms with E-state index in [4.69, 9.17) is 0 Å². The summed E-state index contributed by atoms with van der Waals surface area (Å²) in [5, 5.41) is 28.7. The molecule has 0 heterocycles. The normalized spacial score (nSPS) is 11.0. The maximum Gasteiger partial charge on any atom is 0.269 e. The van der Waals surface area contributed by atoms with Crippen LogP contribution in [0.15, 0.2) is 78.9 Å². The maximum atomic E-state index is 12.5. The van der Waals surface area contributed by atoms with E-state index in [0.29, 0.717) is 5.69 Å². The number of hydrogen-bond donors (Lipinski definition) is 2. The lowest BCUT2D eigenvalue weighted by atomic mass is 10.1. The van der Waals surface area contributed by atoms with Gasteiger partial charge in [-0.2, -0.15) is 0 Å². The smallest absolute Gasteiger partial charge is 0.269 e. The average molecular weight is 408 g/mol. The Kier molecular flexibility index (Phi) is 8.08. The minimum absolute atomic E-state index is 0.143. The largest absolute Gasteiger partial charge is 0.508 e. The third-order valence-corrected chi connectivity index (χ3v) is 4.28. The van der Waals surface area contributed by atoms with Gasteiger partial charge < -0.3 is 10.2 Å². The van der Waals surface area contributed by atoms with E-state index in [-0.39, 0.29) is 24.0 Å². The molecule has 156 valence electrons. The molecular formula is C23H24N2O5. The van der Waals surface area contributed by atoms with Gasteiger partial charge in [0.1, 0.15) is 5.75 Å². The van der Waals surface area contributed by atoms with Gasteiger partial charge in [-0.1, -0.05) is 42.8 Å². The Bertz CT molecular complexity index is 957. The van der Waals surface area contributed by atoms with Crippen molar-refractivity contribution in [3.8, 4) is 5.75 Å². The molecule has 0 aliphatic heterocycles. The first kappa shape index (κ1) is 22.6. The number of aromatic hydroxyl groups is 1. The van der Waals surface area contributed by atoms with E-state index >= 15 is 0 Å². The van der Waals surface area contributed by atoms with Crippen LogP contribution < -0.4 is 4.90 Å². The van der Waals surface area contributed by atoms with Gasteiger partial charge in [-0.25, -0.2) is 0 Å². The van der Waals surface area contributed by atoms with E-state index in [0.717, 1.165) is 11.3 Å². The SMILES string of the molecule is CC(CO)C(=O)N(c1ccccc1)c1ccc(O)cc1.Cc1ccc([N+](=O)[O-])cc1. The number of nitro groups is 1. The number of anilines is 2. The molecular weight excluding hydrogens is 384 g/mol. The van der Waals surface area contributed by atoms with Gasteiger partial charge >= 0.3 is 0 Å². The van der Waals surface area contributed by atoms with Crippen LogP contribution >= 0.6 is 0 Å². The van der Waals surface area contributed by atoms with Crippen molar-refractivity contribution in [2.45, 2.75) is 13.8 Å². The molecule has 30 heavy (non-hydrogen) atoms. The van der Waals surface area contributed by atoms with Gasteiger partial charge in [-0.3, -0.25) is 19.8 Å². The summed E-state index contributed by atoms with van der Waals surface area (Å²) >= 11 is 0. The minimum atomic E-state index is -0.496. The molecule has 1 atom stereocenters. The predicted octanol–water partition coefficient (Wildman–Crippen LogP) is 4.59. The van der Waals surface area contributed by atoms with Gasteiger partial charge in [0.25, 0.3) is 5.69 Å². The second-order valence-electron chi connectivity index (χ2n) is 6.70. The third kappa shape index (κ3) is 6.15. The first-order chi connectivity index (χ1) is 14.3. The molecule has 7 nitrogen and oxygen atoms in total. The van der Waals surface area contributed by atoms with Crippen molar-refractivity contribution < 1.29 is 19.9 Å². The Labute approximate surface area is 175 Å². The number of benzene rings is 3. The van der Waals surface area contributed by atoms with Crippen molar-refractivity contribution in [2.75, 3.05) is 11.5 Å². The highest BCUT2D eigenvalue weighted by Gasteiger charge is 2.22. The summed E-state index contributed by atoms with van der Waals surface area (Å²) in [5.74, 6) is -0.544. The van der Waals surface area contributed by atoms with Crippen LogP contribution in [-0.4, -0.2) is 27.7 Å². The molecule has 2 N–H and O–H groups in total. The molecule has 3 aromatic carbocycles. The highest BCUT2D eigenvalue weighted by atomic mass is 16.6. The number of phenolic OH excluding ortho intramolecular Hbond substituents is 1. The summed E-state index contributed by atoms with van der Waals surface area (Å²) in [6.45, 7) is 3.36. The number of carbonyl (C=O) groups excluding carboxylic acids is 1. The van der Waals surface area contributed by atoms with E-state index in [2.05, 4.69) is 0 Å². The molecule has 0 saturated carbocycles. The van der Waals surface area contributed by atoms with Crippen LogP contribution in [0.3, 0.4) is 0 Å². The molecule has 0 fully saturated rings. The van der Waals surface area contributed by atoms with E-state index in [1.807, 2.05) is 37.3 Å². The average Bonchev–Trinajstić information content (AvgIpc) is 2.76. The Morgan fingerprint density at radius 3 is 2.00 bits per heavy atom. The van der Waals surface area contributed by atoms with Crippen LogP contribution in [-0.2, 0) is 4.79 Å². The number of aryl methyl sites for hydroxylation is 1. The Morgan fingerprint density at radius 2 is 1.50 bits per heavy atom. The first-order valence-electron chi connectivity index (χ1n) is 9.33. The molecule has 0 aromatic heterocycles. The lowest BCUT2D eigenvalue weighted by Gasteiger charge is -2.25. The van der Waals surface area contributed by atoms with Gasteiger partial charge in [-0.05, 0) is 43.3 Å². The number of non-ortho nitro benzene ring substituents is 1. The number of rotatable bonds is 5. The van der Waals surface area contributed by atoms with Crippen molar-refractivity contribution in [3.63, 3.8) is 0 Å². The predicted molar refractivity (Wildman–Crippen MR) is 116 cm³/mol. The fourth-order valence-electron chi connectivity index (χ4n) is 2.55. The molecule has 3 rings (SSSR count). The number of carbonyl (C=O) groups is 1. The molecule has 0 spiro atoms. The number of para-hydroxylation sites is 1. The number of nitro benzene ring substituents is 1. The van der Waals surface area contributed by atoms with Gasteiger partial charge in [0.2, 0.25) is 5.91 Å². The van der Waals surface area contributed by atoms with Gasteiger partial charge in [-0.15, -0.1) is 0 Å². The summed E-state index contributed by atoms with van der Waals surface area (Å²) in [6.07, 6.45) is 0. The van der Waals surface area contributed by atoms with Crippen molar-refractivity contribution in [3.05, 3.63) is 94.5 Å². The van der Waals surface area contributed by atoms with E-state index in [9.17, 15) is 25.1 Å². The first-order valence-corrected chi connectivity index (χ1v) is 9.33. The fraction of sp³-hybridized carbons (Fsp3) is 0.174. The molecule has 0 aliphatic carbocycles. The summed E-state index contributed by atoms with van der Waals surface area (Å²) in [4.78, 5) is 23.7. The zero-order valence-corrected chi connectivity index (χ0v) is 16.8. The van der Waals surface area contributed by atoms with Crippen LogP contribution in [0.1, 0.15) is 12.5 Å². The second-order valence-corrected chi connectivity index (χ2v) is 6.70. The highest BCUT2D eigenvalue weighted by Crippen LogP contribution is 2.28. The lowest BCUT2D eigenvalue weighted by Crippen LogP contribution is -2.32. The lowest BCUT2D eigenvalue weighted by molar-refractivity contribution is -0.384. The second kappa shape index (κ2) is 10.7. The summed E-state index contributed by atoms with van der Waals surface area (Å²) in [7, 11) is 0. The maximum absolute atomic E-state index is 12.5. The topological polar surface area (TPSA) is 104 Å². The zero-order chi connectivity index (χ0) is 22.1. The minimum Gasteiger partial charge on any atom is -0.508 e. The summed E-state index contributed by atoms with van der Waals surface area (Å²) in [6, 6.07) is 22.1. The fourth-order valence-corrected chi connectivity index (χ4v) is 2.55. The van der Waals surface area contributed by atoms with Crippen molar-refractivity contribution in [1.82, 2.24) is 0 Å². The molecule has 0 saturated heterocycles. The molecule has 3 aromatic rings. The monoisotopic (exact) mass is 408 g/mol. The number of nitrogens with zero attached hydrogens (tertiary/aromatic N) is 2. The Morgan fingerprint density at radius 1 is 0.967 bits per heavy atom. The number of aliphatic hydroxyl groups is 1.